The monoisotopic (exact) mass is 450 g/mol. The van der Waals surface area contributed by atoms with Crippen molar-refractivity contribution in [2.24, 2.45) is 0 Å². The van der Waals surface area contributed by atoms with E-state index in [1.54, 1.807) is 30.3 Å². The molecule has 2 heterocycles. The minimum Gasteiger partial charge on any atom is -0.361 e. The van der Waals surface area contributed by atoms with Crippen molar-refractivity contribution in [3.05, 3.63) is 92.6 Å². The van der Waals surface area contributed by atoms with Crippen LogP contribution in [0.3, 0.4) is 0 Å². The number of rotatable bonds is 8. The Balaban J connectivity index is 1.44. The normalized spacial score (nSPS) is 11.2. The standard InChI is InChI=1S/C24H23ClN4O3/c1-2-12-28-20-5-3-4-6-21(20)29(24(32)23(28)31)13-10-22(30)26-11-9-16-15-27-19-8-7-17(25)14-18(16)19/h2-8,14-15,27H,1,9-13H2,(H,26,30). The molecule has 0 atom stereocenters. The van der Waals surface area contributed by atoms with Crippen LogP contribution in [-0.4, -0.2) is 26.6 Å². The van der Waals surface area contributed by atoms with Gasteiger partial charge in [0.2, 0.25) is 5.91 Å². The van der Waals surface area contributed by atoms with E-state index in [4.69, 9.17) is 11.6 Å². The van der Waals surface area contributed by atoms with Crippen LogP contribution in [0.1, 0.15) is 12.0 Å². The Hall–Kier alpha value is -3.58. The molecule has 0 spiro atoms. The van der Waals surface area contributed by atoms with Gasteiger partial charge in [-0.2, -0.15) is 0 Å². The smallest absolute Gasteiger partial charge is 0.317 e. The van der Waals surface area contributed by atoms with Gasteiger partial charge in [-0.1, -0.05) is 29.8 Å². The number of nitrogens with one attached hydrogen (secondary N) is 2. The predicted octanol–water partition coefficient (Wildman–Crippen LogP) is 3.23. The fourth-order valence-corrected chi connectivity index (χ4v) is 4.07. The highest BCUT2D eigenvalue weighted by Gasteiger charge is 2.13. The van der Waals surface area contributed by atoms with E-state index < -0.39 is 11.1 Å². The number of aryl methyl sites for hydroxylation is 1. The van der Waals surface area contributed by atoms with Crippen LogP contribution in [0.25, 0.3) is 21.9 Å². The van der Waals surface area contributed by atoms with E-state index >= 15 is 0 Å². The topological polar surface area (TPSA) is 88.9 Å². The number of hydrogen-bond acceptors (Lipinski definition) is 3. The first kappa shape index (κ1) is 21.6. The number of benzene rings is 2. The summed E-state index contributed by atoms with van der Waals surface area (Å²) in [6.45, 7) is 4.47. The SMILES string of the molecule is C=CCn1c(=O)c(=O)n(CCC(=O)NCCc2c[nH]c3ccc(Cl)cc23)c2ccccc21. The second kappa shape index (κ2) is 9.28. The number of fused-ring (bicyclic) bond motifs is 2. The molecule has 0 bridgehead atoms. The molecule has 4 rings (SSSR count). The molecule has 164 valence electrons. The van der Waals surface area contributed by atoms with E-state index in [2.05, 4.69) is 16.9 Å². The van der Waals surface area contributed by atoms with Gasteiger partial charge >= 0.3 is 11.1 Å². The molecule has 0 aliphatic rings. The highest BCUT2D eigenvalue weighted by molar-refractivity contribution is 6.31. The number of aromatic nitrogens is 3. The molecule has 2 aromatic heterocycles. The van der Waals surface area contributed by atoms with Crippen LogP contribution in [0.4, 0.5) is 0 Å². The Morgan fingerprint density at radius 2 is 1.81 bits per heavy atom. The van der Waals surface area contributed by atoms with Crippen LogP contribution in [0.15, 0.2) is 70.9 Å². The van der Waals surface area contributed by atoms with Gasteiger partial charge in [0.05, 0.1) is 11.0 Å². The number of halogens is 1. The summed E-state index contributed by atoms with van der Waals surface area (Å²) < 4.78 is 2.77. The van der Waals surface area contributed by atoms with E-state index in [0.29, 0.717) is 29.0 Å². The summed E-state index contributed by atoms with van der Waals surface area (Å²) in [7, 11) is 0. The van der Waals surface area contributed by atoms with Crippen LogP contribution < -0.4 is 16.4 Å². The minimum atomic E-state index is -0.644. The molecule has 0 unspecified atom stereocenters. The van der Waals surface area contributed by atoms with Crippen molar-refractivity contribution in [1.82, 2.24) is 19.4 Å². The van der Waals surface area contributed by atoms with E-state index in [1.165, 1.54) is 9.13 Å². The Labute approximate surface area is 188 Å². The van der Waals surface area contributed by atoms with E-state index in [9.17, 15) is 14.4 Å². The van der Waals surface area contributed by atoms with E-state index in [1.807, 2.05) is 24.4 Å². The predicted molar refractivity (Wildman–Crippen MR) is 127 cm³/mol. The van der Waals surface area contributed by atoms with Gasteiger partial charge in [0.1, 0.15) is 0 Å². The lowest BCUT2D eigenvalue weighted by Crippen LogP contribution is -2.42. The molecular weight excluding hydrogens is 428 g/mol. The molecule has 32 heavy (non-hydrogen) atoms. The molecule has 0 fully saturated rings. The highest BCUT2D eigenvalue weighted by atomic mass is 35.5. The molecule has 1 amide bonds. The van der Waals surface area contributed by atoms with Crippen molar-refractivity contribution in [2.75, 3.05) is 6.54 Å². The van der Waals surface area contributed by atoms with Crippen molar-refractivity contribution in [2.45, 2.75) is 25.9 Å². The van der Waals surface area contributed by atoms with Crippen LogP contribution >= 0.6 is 11.6 Å². The largest absolute Gasteiger partial charge is 0.361 e. The molecule has 7 nitrogen and oxygen atoms in total. The average molecular weight is 451 g/mol. The van der Waals surface area contributed by atoms with E-state index in [0.717, 1.165) is 16.5 Å². The van der Waals surface area contributed by atoms with Gasteiger partial charge in [-0.15, -0.1) is 6.58 Å². The second-order valence-electron chi connectivity index (χ2n) is 7.50. The number of nitrogens with zero attached hydrogens (tertiary/aromatic N) is 2. The number of carbonyl (C=O) groups is 1. The van der Waals surface area contributed by atoms with Crippen LogP contribution in [0.5, 0.6) is 0 Å². The number of aromatic amines is 1. The van der Waals surface area contributed by atoms with Crippen molar-refractivity contribution in [3.8, 4) is 0 Å². The third-order valence-corrected chi connectivity index (χ3v) is 5.69. The highest BCUT2D eigenvalue weighted by Crippen LogP contribution is 2.22. The summed E-state index contributed by atoms with van der Waals surface area (Å²) in [6, 6.07) is 12.8. The van der Waals surface area contributed by atoms with Gasteiger partial charge in [-0.25, -0.2) is 0 Å². The molecule has 2 aromatic carbocycles. The number of hydrogen-bond donors (Lipinski definition) is 2. The lowest BCUT2D eigenvalue weighted by atomic mass is 10.1. The van der Waals surface area contributed by atoms with Gasteiger partial charge in [0.25, 0.3) is 0 Å². The molecule has 2 N–H and O–H groups in total. The lowest BCUT2D eigenvalue weighted by molar-refractivity contribution is -0.121. The summed E-state index contributed by atoms with van der Waals surface area (Å²) in [5.74, 6) is -0.186. The second-order valence-corrected chi connectivity index (χ2v) is 7.94. The van der Waals surface area contributed by atoms with Gasteiger partial charge in [-0.05, 0) is 42.3 Å². The summed E-state index contributed by atoms with van der Waals surface area (Å²) in [6.07, 6.45) is 4.23. The number of H-pyrrole nitrogens is 1. The molecular formula is C24H23ClN4O3. The summed E-state index contributed by atoms with van der Waals surface area (Å²) in [5.41, 5.74) is 2.04. The zero-order chi connectivity index (χ0) is 22.7. The van der Waals surface area contributed by atoms with Crippen molar-refractivity contribution in [1.29, 1.82) is 0 Å². The van der Waals surface area contributed by atoms with Crippen LogP contribution in [-0.2, 0) is 24.3 Å². The summed E-state index contributed by atoms with van der Waals surface area (Å²) in [5, 5.41) is 4.58. The van der Waals surface area contributed by atoms with E-state index in [-0.39, 0.29) is 25.4 Å². The van der Waals surface area contributed by atoms with Gasteiger partial charge in [0, 0.05) is 48.2 Å². The molecule has 0 aliphatic heterocycles. The van der Waals surface area contributed by atoms with Gasteiger partial charge in [-0.3, -0.25) is 19.0 Å². The van der Waals surface area contributed by atoms with Crippen molar-refractivity contribution < 1.29 is 4.79 Å². The van der Waals surface area contributed by atoms with Crippen molar-refractivity contribution in [3.63, 3.8) is 0 Å². The first-order chi connectivity index (χ1) is 15.5. The maximum atomic E-state index is 12.7. The zero-order valence-electron chi connectivity index (χ0n) is 17.4. The average Bonchev–Trinajstić information content (AvgIpc) is 3.18. The Morgan fingerprint density at radius 3 is 2.56 bits per heavy atom. The van der Waals surface area contributed by atoms with Crippen LogP contribution in [0.2, 0.25) is 5.02 Å². The van der Waals surface area contributed by atoms with Gasteiger partial charge < -0.3 is 14.9 Å². The summed E-state index contributed by atoms with van der Waals surface area (Å²) >= 11 is 6.08. The molecule has 0 radical (unpaired) electrons. The molecule has 0 aliphatic carbocycles. The number of para-hydroxylation sites is 2. The molecule has 4 aromatic rings. The Bertz CT molecular complexity index is 1430. The zero-order valence-corrected chi connectivity index (χ0v) is 18.2. The first-order valence-electron chi connectivity index (χ1n) is 10.3. The number of carbonyl (C=O) groups excluding carboxylic acids is 1. The van der Waals surface area contributed by atoms with Crippen LogP contribution in [0, 0.1) is 0 Å². The Kier molecular flexibility index (Phi) is 6.28. The third-order valence-electron chi connectivity index (χ3n) is 5.46. The maximum Gasteiger partial charge on any atom is 0.317 e. The fourth-order valence-electron chi connectivity index (χ4n) is 3.90. The third kappa shape index (κ3) is 4.24. The quantitative estimate of drug-likeness (QED) is 0.319. The Morgan fingerprint density at radius 1 is 1.09 bits per heavy atom. The summed E-state index contributed by atoms with van der Waals surface area (Å²) in [4.78, 5) is 40.8. The maximum absolute atomic E-state index is 12.7. The van der Waals surface area contributed by atoms with Crippen molar-refractivity contribution >= 4 is 39.4 Å². The minimum absolute atomic E-state index is 0.0918. The molecule has 8 heteroatoms. The lowest BCUT2D eigenvalue weighted by Gasteiger charge is -2.14. The van der Waals surface area contributed by atoms with Gasteiger partial charge in [0.15, 0.2) is 0 Å². The molecule has 0 saturated carbocycles. The fraction of sp³-hybridized carbons (Fsp3) is 0.208. The molecule has 0 saturated heterocycles. The number of amides is 1. The number of allylic oxidation sites excluding steroid dienone is 1. The first-order valence-corrected chi connectivity index (χ1v) is 10.7.